The lowest BCUT2D eigenvalue weighted by Crippen LogP contribution is -2.39. The van der Waals surface area contributed by atoms with E-state index in [-0.39, 0.29) is 24.0 Å². The maximum absolute atomic E-state index is 5.63. The van der Waals surface area contributed by atoms with E-state index in [1.165, 1.54) is 16.7 Å². The van der Waals surface area contributed by atoms with Crippen LogP contribution in [0.15, 0.2) is 64.2 Å². The predicted molar refractivity (Wildman–Crippen MR) is 140 cm³/mol. The Morgan fingerprint density at radius 2 is 1.88 bits per heavy atom. The maximum Gasteiger partial charge on any atom is 0.226 e. The molecular formula is C25H32IN5O. The highest BCUT2D eigenvalue weighted by atomic mass is 127. The van der Waals surface area contributed by atoms with Crippen molar-refractivity contribution < 1.29 is 4.42 Å². The highest BCUT2D eigenvalue weighted by Crippen LogP contribution is 2.19. The van der Waals surface area contributed by atoms with Crippen LogP contribution < -0.4 is 10.6 Å². The summed E-state index contributed by atoms with van der Waals surface area (Å²) >= 11 is 0. The number of oxazole rings is 1. The second-order valence-corrected chi connectivity index (χ2v) is 8.01. The van der Waals surface area contributed by atoms with Crippen LogP contribution in [0.1, 0.15) is 28.8 Å². The SMILES string of the molecule is CN=C(NCCCN1CCc2ccccc2C1)NCc1coc(-c2ccc(C)cc2)n1.I. The van der Waals surface area contributed by atoms with E-state index >= 15 is 0 Å². The molecule has 0 amide bonds. The van der Waals surface area contributed by atoms with Gasteiger partial charge in [-0.15, -0.1) is 24.0 Å². The van der Waals surface area contributed by atoms with Gasteiger partial charge in [-0.25, -0.2) is 4.98 Å². The van der Waals surface area contributed by atoms with Gasteiger partial charge in [0.05, 0.1) is 12.2 Å². The molecule has 0 unspecified atom stereocenters. The van der Waals surface area contributed by atoms with Crippen LogP contribution in [0.25, 0.3) is 11.5 Å². The van der Waals surface area contributed by atoms with E-state index in [9.17, 15) is 0 Å². The van der Waals surface area contributed by atoms with Crippen molar-refractivity contribution in [2.45, 2.75) is 32.9 Å². The molecule has 1 aromatic heterocycles. The van der Waals surface area contributed by atoms with Gasteiger partial charge in [-0.3, -0.25) is 9.89 Å². The number of rotatable bonds is 7. The van der Waals surface area contributed by atoms with E-state index < -0.39 is 0 Å². The second kappa shape index (κ2) is 12.0. The van der Waals surface area contributed by atoms with Gasteiger partial charge in [-0.1, -0.05) is 42.0 Å². The van der Waals surface area contributed by atoms with E-state index in [2.05, 4.69) is 68.8 Å². The molecule has 2 heterocycles. The van der Waals surface area contributed by atoms with E-state index in [1.807, 2.05) is 12.1 Å². The number of nitrogens with zero attached hydrogens (tertiary/aromatic N) is 3. The monoisotopic (exact) mass is 545 g/mol. The quantitative estimate of drug-likeness (QED) is 0.200. The first kappa shape index (κ1) is 24.3. The number of aliphatic imine (C=N–C) groups is 1. The largest absolute Gasteiger partial charge is 0.444 e. The molecule has 2 aromatic carbocycles. The highest BCUT2D eigenvalue weighted by molar-refractivity contribution is 14.0. The van der Waals surface area contributed by atoms with Gasteiger partial charge < -0.3 is 15.1 Å². The van der Waals surface area contributed by atoms with Crippen LogP contribution in [-0.2, 0) is 19.5 Å². The Bertz CT molecular complexity index is 1020. The molecule has 0 bridgehead atoms. The molecule has 6 nitrogen and oxygen atoms in total. The minimum Gasteiger partial charge on any atom is -0.444 e. The summed E-state index contributed by atoms with van der Waals surface area (Å²) in [7, 11) is 1.79. The average Bonchev–Trinajstić information content (AvgIpc) is 3.28. The molecule has 1 aliphatic rings. The third-order valence-electron chi connectivity index (χ3n) is 5.66. The lowest BCUT2D eigenvalue weighted by Gasteiger charge is -2.28. The van der Waals surface area contributed by atoms with E-state index in [4.69, 9.17) is 4.42 Å². The molecule has 4 rings (SSSR count). The Hall–Kier alpha value is -2.39. The molecular weight excluding hydrogens is 513 g/mol. The number of fused-ring (bicyclic) bond motifs is 1. The van der Waals surface area contributed by atoms with Crippen molar-refractivity contribution >= 4 is 29.9 Å². The highest BCUT2D eigenvalue weighted by Gasteiger charge is 2.15. The lowest BCUT2D eigenvalue weighted by molar-refractivity contribution is 0.251. The van der Waals surface area contributed by atoms with E-state index in [0.717, 1.165) is 56.2 Å². The Morgan fingerprint density at radius 1 is 1.09 bits per heavy atom. The number of nitrogens with one attached hydrogen (secondary N) is 2. The molecule has 0 radical (unpaired) electrons. The van der Waals surface area contributed by atoms with Gasteiger partial charge in [0.1, 0.15) is 6.26 Å². The number of aromatic nitrogens is 1. The molecule has 0 atom stereocenters. The van der Waals surface area contributed by atoms with Gasteiger partial charge >= 0.3 is 0 Å². The zero-order valence-corrected chi connectivity index (χ0v) is 21.1. The minimum atomic E-state index is 0. The van der Waals surface area contributed by atoms with Crippen molar-refractivity contribution in [2.75, 3.05) is 26.7 Å². The molecule has 0 spiro atoms. The summed E-state index contributed by atoms with van der Waals surface area (Å²) in [5.74, 6) is 1.42. The van der Waals surface area contributed by atoms with Crippen molar-refractivity contribution in [2.24, 2.45) is 4.99 Å². The molecule has 0 saturated carbocycles. The third-order valence-corrected chi connectivity index (χ3v) is 5.66. The van der Waals surface area contributed by atoms with Crippen LogP contribution in [0.3, 0.4) is 0 Å². The normalized spacial score (nSPS) is 13.9. The topological polar surface area (TPSA) is 65.7 Å². The van der Waals surface area contributed by atoms with Gasteiger partial charge in [0.15, 0.2) is 5.96 Å². The standard InChI is InChI=1S/C25H31N5O.HI/c1-19-8-10-21(11-9-19)24-29-23(18-31-24)16-28-25(26-2)27-13-5-14-30-15-12-20-6-3-4-7-22(20)17-30;/h3-4,6-11,18H,5,12-17H2,1-2H3,(H2,26,27,28);1H. The molecule has 2 N–H and O–H groups in total. The molecule has 7 heteroatoms. The summed E-state index contributed by atoms with van der Waals surface area (Å²) in [6.45, 7) is 6.79. The van der Waals surface area contributed by atoms with Crippen LogP contribution in [0.4, 0.5) is 0 Å². The van der Waals surface area contributed by atoms with Crippen LogP contribution in [0.5, 0.6) is 0 Å². The van der Waals surface area contributed by atoms with Gasteiger partial charge in [-0.2, -0.15) is 0 Å². The maximum atomic E-state index is 5.63. The second-order valence-electron chi connectivity index (χ2n) is 8.01. The third kappa shape index (κ3) is 6.56. The zero-order chi connectivity index (χ0) is 21.5. The Morgan fingerprint density at radius 3 is 2.66 bits per heavy atom. The average molecular weight is 545 g/mol. The van der Waals surface area contributed by atoms with E-state index in [1.54, 1.807) is 13.3 Å². The number of benzene rings is 2. The van der Waals surface area contributed by atoms with Crippen LogP contribution in [0.2, 0.25) is 0 Å². The van der Waals surface area contributed by atoms with Crippen molar-refractivity contribution in [1.29, 1.82) is 0 Å². The number of hydrogen-bond acceptors (Lipinski definition) is 4. The van der Waals surface area contributed by atoms with Gasteiger partial charge in [0.25, 0.3) is 0 Å². The Balaban J connectivity index is 0.00000289. The number of hydrogen-bond donors (Lipinski definition) is 2. The summed E-state index contributed by atoms with van der Waals surface area (Å²) < 4.78 is 5.63. The molecule has 1 aliphatic heterocycles. The molecule has 0 aliphatic carbocycles. The van der Waals surface area contributed by atoms with Crippen LogP contribution in [-0.4, -0.2) is 42.5 Å². The van der Waals surface area contributed by atoms with Crippen molar-refractivity contribution in [3.05, 3.63) is 77.2 Å². The van der Waals surface area contributed by atoms with Crippen molar-refractivity contribution in [3.63, 3.8) is 0 Å². The molecule has 3 aromatic rings. The van der Waals surface area contributed by atoms with Crippen LogP contribution in [0, 0.1) is 6.92 Å². The fraction of sp³-hybridized carbons (Fsp3) is 0.360. The number of guanidine groups is 1. The Kier molecular flexibility index (Phi) is 9.11. The number of aryl methyl sites for hydroxylation is 1. The molecule has 0 saturated heterocycles. The van der Waals surface area contributed by atoms with Gasteiger partial charge in [0.2, 0.25) is 5.89 Å². The summed E-state index contributed by atoms with van der Waals surface area (Å²) in [5, 5.41) is 6.71. The lowest BCUT2D eigenvalue weighted by atomic mass is 10.00. The van der Waals surface area contributed by atoms with Crippen LogP contribution >= 0.6 is 24.0 Å². The summed E-state index contributed by atoms with van der Waals surface area (Å²) in [6, 6.07) is 17.0. The first-order valence-electron chi connectivity index (χ1n) is 11.0. The van der Waals surface area contributed by atoms with E-state index in [0.29, 0.717) is 12.4 Å². The summed E-state index contributed by atoms with van der Waals surface area (Å²) in [5.41, 5.74) is 6.03. The van der Waals surface area contributed by atoms with Crippen molar-refractivity contribution in [3.8, 4) is 11.5 Å². The Labute approximate surface area is 207 Å². The fourth-order valence-corrected chi connectivity index (χ4v) is 3.87. The van der Waals surface area contributed by atoms with Gasteiger partial charge in [-0.05, 0) is 43.0 Å². The first-order chi connectivity index (χ1) is 15.2. The number of halogens is 1. The summed E-state index contributed by atoms with van der Waals surface area (Å²) in [6.07, 6.45) is 3.92. The van der Waals surface area contributed by atoms with Crippen molar-refractivity contribution in [1.82, 2.24) is 20.5 Å². The fourth-order valence-electron chi connectivity index (χ4n) is 3.87. The molecule has 0 fully saturated rings. The summed E-state index contributed by atoms with van der Waals surface area (Å²) in [4.78, 5) is 11.4. The first-order valence-corrected chi connectivity index (χ1v) is 11.0. The molecule has 32 heavy (non-hydrogen) atoms. The smallest absolute Gasteiger partial charge is 0.226 e. The molecule has 170 valence electrons. The minimum absolute atomic E-state index is 0. The predicted octanol–water partition coefficient (Wildman–Crippen LogP) is 4.38. The zero-order valence-electron chi connectivity index (χ0n) is 18.8. The van der Waals surface area contributed by atoms with Gasteiger partial charge in [0, 0.05) is 38.8 Å².